The van der Waals surface area contributed by atoms with Crippen molar-refractivity contribution < 1.29 is 4.74 Å². The summed E-state index contributed by atoms with van der Waals surface area (Å²) in [6.45, 7) is 0.625. The number of hydrogen-bond acceptors (Lipinski definition) is 4. The number of benzene rings is 2. The van der Waals surface area contributed by atoms with E-state index in [0.717, 1.165) is 21.6 Å². The van der Waals surface area contributed by atoms with Gasteiger partial charge >= 0.3 is 0 Å². The van der Waals surface area contributed by atoms with Gasteiger partial charge in [-0.25, -0.2) is 0 Å². The highest BCUT2D eigenvalue weighted by Crippen LogP contribution is 2.32. The summed E-state index contributed by atoms with van der Waals surface area (Å²) < 4.78 is 5.28. The maximum absolute atomic E-state index is 11.9. The molecule has 0 aromatic heterocycles. The SMILES string of the molecule is COc1ccc(N([O-])CCN)c2ccccc12. The highest BCUT2D eigenvalue weighted by atomic mass is 16.5. The second-order valence-electron chi connectivity index (χ2n) is 3.72. The van der Waals surface area contributed by atoms with Crippen molar-refractivity contribution in [3.05, 3.63) is 41.6 Å². The number of anilines is 1. The number of rotatable bonds is 4. The molecule has 90 valence electrons. The van der Waals surface area contributed by atoms with Gasteiger partial charge in [-0.2, -0.15) is 0 Å². The lowest BCUT2D eigenvalue weighted by Gasteiger charge is -2.31. The third kappa shape index (κ3) is 2.18. The third-order valence-corrected chi connectivity index (χ3v) is 2.68. The van der Waals surface area contributed by atoms with Gasteiger partial charge in [0.2, 0.25) is 0 Å². The van der Waals surface area contributed by atoms with Crippen LogP contribution >= 0.6 is 0 Å². The molecular weight excluding hydrogens is 216 g/mol. The molecule has 17 heavy (non-hydrogen) atoms. The zero-order valence-corrected chi connectivity index (χ0v) is 9.72. The van der Waals surface area contributed by atoms with E-state index in [1.807, 2.05) is 24.3 Å². The molecule has 0 bridgehead atoms. The first-order valence-electron chi connectivity index (χ1n) is 5.48. The quantitative estimate of drug-likeness (QED) is 0.819. The first kappa shape index (κ1) is 11.7. The second kappa shape index (κ2) is 5.03. The molecule has 0 unspecified atom stereocenters. The van der Waals surface area contributed by atoms with Crippen molar-refractivity contribution in [1.82, 2.24) is 0 Å². The van der Waals surface area contributed by atoms with Crippen LogP contribution in [0.25, 0.3) is 10.8 Å². The molecule has 0 saturated heterocycles. The zero-order chi connectivity index (χ0) is 12.3. The molecule has 0 radical (unpaired) electrons. The van der Waals surface area contributed by atoms with Gasteiger partial charge in [0.05, 0.1) is 7.11 Å². The number of hydroxylamine groups is 1. The summed E-state index contributed by atoms with van der Waals surface area (Å²) in [5, 5.41) is 14.6. The topological polar surface area (TPSA) is 61.5 Å². The molecule has 0 amide bonds. The molecule has 2 rings (SSSR count). The van der Waals surface area contributed by atoms with Gasteiger partial charge in [0.15, 0.2) is 0 Å². The van der Waals surface area contributed by atoms with E-state index >= 15 is 0 Å². The standard InChI is InChI=1S/C13H15N2O2/c1-17-13-7-6-12(15(16)9-8-14)10-4-2-3-5-11(10)13/h2-7H,8-9,14H2,1H3/q-1. The van der Waals surface area contributed by atoms with E-state index in [-0.39, 0.29) is 6.54 Å². The molecule has 0 heterocycles. The van der Waals surface area contributed by atoms with Crippen LogP contribution in [0.3, 0.4) is 0 Å². The largest absolute Gasteiger partial charge is 0.758 e. The molecule has 4 nitrogen and oxygen atoms in total. The lowest BCUT2D eigenvalue weighted by atomic mass is 10.1. The molecule has 4 heteroatoms. The van der Waals surface area contributed by atoms with E-state index in [9.17, 15) is 5.21 Å². The van der Waals surface area contributed by atoms with Crippen molar-refractivity contribution in [2.24, 2.45) is 5.73 Å². The summed E-state index contributed by atoms with van der Waals surface area (Å²) in [5.74, 6) is 0.769. The van der Waals surface area contributed by atoms with Gasteiger partial charge in [-0.1, -0.05) is 24.3 Å². The van der Waals surface area contributed by atoms with Gasteiger partial charge in [-0.05, 0) is 12.1 Å². The third-order valence-electron chi connectivity index (χ3n) is 2.68. The van der Waals surface area contributed by atoms with Gasteiger partial charge in [0.25, 0.3) is 0 Å². The molecule has 0 fully saturated rings. The maximum atomic E-state index is 11.9. The summed E-state index contributed by atoms with van der Waals surface area (Å²) in [7, 11) is 1.62. The maximum Gasteiger partial charge on any atom is 0.126 e. The highest BCUT2D eigenvalue weighted by molar-refractivity contribution is 5.98. The highest BCUT2D eigenvalue weighted by Gasteiger charge is 2.06. The minimum absolute atomic E-state index is 0.288. The minimum atomic E-state index is 0.288. The van der Waals surface area contributed by atoms with Gasteiger partial charge in [0.1, 0.15) is 5.75 Å². The Kier molecular flexibility index (Phi) is 3.46. The zero-order valence-electron chi connectivity index (χ0n) is 9.72. The fraction of sp³-hybridized carbons (Fsp3) is 0.231. The summed E-state index contributed by atoms with van der Waals surface area (Å²) in [4.78, 5) is 0. The van der Waals surface area contributed by atoms with Crippen LogP contribution < -0.4 is 15.5 Å². The summed E-state index contributed by atoms with van der Waals surface area (Å²) in [5.41, 5.74) is 6.03. The van der Waals surface area contributed by atoms with E-state index in [1.165, 1.54) is 0 Å². The van der Waals surface area contributed by atoms with E-state index in [0.29, 0.717) is 12.2 Å². The van der Waals surface area contributed by atoms with Crippen LogP contribution in [0.1, 0.15) is 0 Å². The van der Waals surface area contributed by atoms with Crippen LogP contribution in [0.2, 0.25) is 0 Å². The average Bonchev–Trinajstić information content (AvgIpc) is 2.37. The summed E-state index contributed by atoms with van der Waals surface area (Å²) in [6.07, 6.45) is 0. The Morgan fingerprint density at radius 1 is 1.18 bits per heavy atom. The molecule has 2 N–H and O–H groups in total. The van der Waals surface area contributed by atoms with E-state index in [4.69, 9.17) is 10.5 Å². The summed E-state index contributed by atoms with van der Waals surface area (Å²) >= 11 is 0. The fourth-order valence-corrected chi connectivity index (χ4v) is 1.89. The Balaban J connectivity index is 2.58. The molecule has 0 saturated carbocycles. The monoisotopic (exact) mass is 231 g/mol. The Morgan fingerprint density at radius 3 is 2.53 bits per heavy atom. The molecule has 2 aromatic rings. The van der Waals surface area contributed by atoms with Gasteiger partial charge in [-0.15, -0.1) is 0 Å². The fourth-order valence-electron chi connectivity index (χ4n) is 1.89. The Labute approximate surface area is 100 Å². The minimum Gasteiger partial charge on any atom is -0.758 e. The normalized spacial score (nSPS) is 10.5. The number of nitrogens with zero attached hydrogens (tertiary/aromatic N) is 1. The second-order valence-corrected chi connectivity index (χ2v) is 3.72. The lowest BCUT2D eigenvalue weighted by Crippen LogP contribution is -2.23. The van der Waals surface area contributed by atoms with E-state index < -0.39 is 0 Å². The van der Waals surface area contributed by atoms with Crippen LogP contribution in [-0.2, 0) is 0 Å². The predicted octanol–water partition coefficient (Wildman–Crippen LogP) is 2.11. The molecule has 0 aliphatic rings. The Bertz CT molecular complexity index is 514. The van der Waals surface area contributed by atoms with Crippen molar-refractivity contribution in [1.29, 1.82) is 0 Å². The van der Waals surface area contributed by atoms with Crippen molar-refractivity contribution in [3.8, 4) is 5.75 Å². The Hall–Kier alpha value is -1.78. The molecule has 2 aromatic carbocycles. The van der Waals surface area contributed by atoms with E-state index in [2.05, 4.69) is 0 Å². The number of hydrogen-bond donors (Lipinski definition) is 1. The average molecular weight is 231 g/mol. The van der Waals surface area contributed by atoms with Crippen molar-refractivity contribution >= 4 is 16.5 Å². The first-order chi connectivity index (χ1) is 8.27. The van der Waals surface area contributed by atoms with Crippen molar-refractivity contribution in [3.63, 3.8) is 0 Å². The number of methoxy groups -OCH3 is 1. The summed E-state index contributed by atoms with van der Waals surface area (Å²) in [6, 6.07) is 11.2. The van der Waals surface area contributed by atoms with Crippen LogP contribution in [0.4, 0.5) is 5.69 Å². The number of ether oxygens (including phenoxy) is 1. The van der Waals surface area contributed by atoms with Gasteiger partial charge in [-0.3, -0.25) is 0 Å². The molecule has 0 atom stereocenters. The van der Waals surface area contributed by atoms with Gasteiger partial charge in [0, 0.05) is 29.5 Å². The number of fused-ring (bicyclic) bond motifs is 1. The van der Waals surface area contributed by atoms with Gasteiger partial charge < -0.3 is 20.7 Å². The molecule has 0 spiro atoms. The smallest absolute Gasteiger partial charge is 0.126 e. The predicted molar refractivity (Wildman–Crippen MR) is 70.3 cm³/mol. The van der Waals surface area contributed by atoms with Crippen LogP contribution in [0, 0.1) is 5.21 Å². The van der Waals surface area contributed by atoms with Crippen molar-refractivity contribution in [2.75, 3.05) is 25.3 Å². The first-order valence-corrected chi connectivity index (χ1v) is 5.48. The molecule has 0 aliphatic carbocycles. The Morgan fingerprint density at radius 2 is 1.88 bits per heavy atom. The molecule has 0 aliphatic heterocycles. The van der Waals surface area contributed by atoms with Crippen molar-refractivity contribution in [2.45, 2.75) is 0 Å². The molecular formula is C13H15N2O2-. The van der Waals surface area contributed by atoms with Crippen LogP contribution in [0.15, 0.2) is 36.4 Å². The van der Waals surface area contributed by atoms with Crippen LogP contribution in [-0.4, -0.2) is 20.2 Å². The van der Waals surface area contributed by atoms with Crippen LogP contribution in [0.5, 0.6) is 5.75 Å². The lowest BCUT2D eigenvalue weighted by molar-refractivity contribution is 0.420. The number of nitrogens with two attached hydrogens (primary N) is 1. The van der Waals surface area contributed by atoms with E-state index in [1.54, 1.807) is 19.2 Å².